The lowest BCUT2D eigenvalue weighted by Gasteiger charge is -2.25. The Labute approximate surface area is 218 Å². The summed E-state index contributed by atoms with van der Waals surface area (Å²) >= 11 is 0. The van der Waals surface area contributed by atoms with Gasteiger partial charge in [-0.05, 0) is 17.5 Å². The lowest BCUT2D eigenvalue weighted by Crippen LogP contribution is -2.59. The average molecular weight is 528 g/mol. The first kappa shape index (κ1) is 28.3. The van der Waals surface area contributed by atoms with E-state index < -0.39 is 60.4 Å². The van der Waals surface area contributed by atoms with Crippen LogP contribution in [-0.2, 0) is 32.0 Å². The van der Waals surface area contributed by atoms with Crippen molar-refractivity contribution in [3.63, 3.8) is 0 Å². The smallest absolute Gasteiger partial charge is 0.326 e. The van der Waals surface area contributed by atoms with Crippen LogP contribution in [0.2, 0.25) is 0 Å². The van der Waals surface area contributed by atoms with Gasteiger partial charge >= 0.3 is 5.97 Å². The number of carboxylic acids is 1. The first-order valence-electron chi connectivity index (χ1n) is 12.1. The Kier molecular flexibility index (Phi) is 9.57. The highest BCUT2D eigenvalue weighted by molar-refractivity contribution is 5.95. The molecule has 3 aromatic rings. The first-order chi connectivity index (χ1) is 18.1. The molecule has 3 amide bonds. The number of amides is 3. The highest BCUT2D eigenvalue weighted by Crippen LogP contribution is 2.19. The van der Waals surface area contributed by atoms with Gasteiger partial charge in [0.25, 0.3) is 0 Å². The number of hydrogen-bond acceptors (Lipinski definition) is 7. The van der Waals surface area contributed by atoms with Crippen LogP contribution < -0.4 is 21.7 Å². The molecule has 0 aliphatic heterocycles. The molecule has 38 heavy (non-hydrogen) atoms. The number of imidazole rings is 1. The summed E-state index contributed by atoms with van der Waals surface area (Å²) in [5, 5.41) is 27.4. The molecule has 9 N–H and O–H groups in total. The molecule has 0 radical (unpaired) electrons. The van der Waals surface area contributed by atoms with E-state index in [0.717, 1.165) is 16.5 Å². The maximum absolute atomic E-state index is 13.3. The number of nitrogens with one attached hydrogen (secondary N) is 5. The van der Waals surface area contributed by atoms with Gasteiger partial charge in [-0.15, -0.1) is 0 Å². The number of aliphatic hydroxyl groups is 1. The van der Waals surface area contributed by atoms with Gasteiger partial charge in [-0.3, -0.25) is 14.4 Å². The lowest BCUT2D eigenvalue weighted by molar-refractivity contribution is -0.143. The quantitative estimate of drug-likeness (QED) is 0.140. The SMILES string of the molecule is CC(C)C(NC(=O)C(CO)NC(=O)C(Cc1c[nH]c2ccccc12)NC(=O)C(N)Cc1cnc[nH]1)C(=O)O. The van der Waals surface area contributed by atoms with Crippen molar-refractivity contribution in [1.29, 1.82) is 0 Å². The molecular weight excluding hydrogens is 494 g/mol. The van der Waals surface area contributed by atoms with Crippen molar-refractivity contribution >= 4 is 34.6 Å². The van der Waals surface area contributed by atoms with Crippen LogP contribution in [0.3, 0.4) is 0 Å². The van der Waals surface area contributed by atoms with E-state index in [1.807, 2.05) is 24.3 Å². The number of nitrogens with zero attached hydrogens (tertiary/aromatic N) is 1. The highest BCUT2D eigenvalue weighted by atomic mass is 16.4. The zero-order valence-electron chi connectivity index (χ0n) is 21.1. The van der Waals surface area contributed by atoms with Gasteiger partial charge in [0.2, 0.25) is 17.7 Å². The summed E-state index contributed by atoms with van der Waals surface area (Å²) in [6, 6.07) is 2.63. The average Bonchev–Trinajstić information content (AvgIpc) is 3.54. The molecular formula is C25H33N7O6. The Morgan fingerprint density at radius 1 is 0.974 bits per heavy atom. The van der Waals surface area contributed by atoms with Crippen molar-refractivity contribution in [2.75, 3.05) is 6.61 Å². The molecule has 2 heterocycles. The van der Waals surface area contributed by atoms with Gasteiger partial charge in [0, 0.05) is 41.8 Å². The third-order valence-electron chi connectivity index (χ3n) is 6.11. The summed E-state index contributed by atoms with van der Waals surface area (Å²) in [5.41, 5.74) is 8.26. The van der Waals surface area contributed by atoms with Crippen LogP contribution >= 0.6 is 0 Å². The summed E-state index contributed by atoms with van der Waals surface area (Å²) in [7, 11) is 0. The summed E-state index contributed by atoms with van der Waals surface area (Å²) < 4.78 is 0. The summed E-state index contributed by atoms with van der Waals surface area (Å²) in [6.07, 6.45) is 4.93. The van der Waals surface area contributed by atoms with Gasteiger partial charge in [0.05, 0.1) is 19.0 Å². The third-order valence-corrected chi connectivity index (χ3v) is 6.11. The Balaban J connectivity index is 1.78. The number of aromatic nitrogens is 3. The lowest BCUT2D eigenvalue weighted by atomic mass is 10.0. The zero-order chi connectivity index (χ0) is 27.8. The number of benzene rings is 1. The number of aliphatic carboxylic acids is 1. The molecule has 3 rings (SSSR count). The summed E-state index contributed by atoms with van der Waals surface area (Å²) in [6.45, 7) is 2.45. The second-order valence-corrected chi connectivity index (χ2v) is 9.32. The van der Waals surface area contributed by atoms with Crippen LogP contribution in [0.15, 0.2) is 43.0 Å². The fourth-order valence-corrected chi connectivity index (χ4v) is 3.97. The normalized spacial score (nSPS) is 14.4. The predicted octanol–water partition coefficient (Wildman–Crippen LogP) is -0.809. The minimum Gasteiger partial charge on any atom is -0.480 e. The Morgan fingerprint density at radius 3 is 2.29 bits per heavy atom. The summed E-state index contributed by atoms with van der Waals surface area (Å²) in [4.78, 5) is 60.2. The molecule has 0 saturated carbocycles. The maximum atomic E-state index is 13.3. The molecule has 0 saturated heterocycles. The van der Waals surface area contributed by atoms with Gasteiger partial charge < -0.3 is 41.9 Å². The van der Waals surface area contributed by atoms with Gasteiger partial charge in [0.1, 0.15) is 18.1 Å². The molecule has 204 valence electrons. The number of fused-ring (bicyclic) bond motifs is 1. The van der Waals surface area contributed by atoms with Crippen molar-refractivity contribution in [3.8, 4) is 0 Å². The van der Waals surface area contributed by atoms with Crippen LogP contribution in [-0.4, -0.2) is 79.6 Å². The van der Waals surface area contributed by atoms with E-state index in [2.05, 4.69) is 30.9 Å². The molecule has 13 nitrogen and oxygen atoms in total. The fraction of sp³-hybridized carbons (Fsp3) is 0.400. The minimum atomic E-state index is -1.44. The molecule has 0 fully saturated rings. The molecule has 4 unspecified atom stereocenters. The highest BCUT2D eigenvalue weighted by Gasteiger charge is 2.31. The molecule has 0 aliphatic rings. The predicted molar refractivity (Wildman–Crippen MR) is 138 cm³/mol. The number of aromatic amines is 2. The van der Waals surface area contributed by atoms with Crippen molar-refractivity contribution in [3.05, 3.63) is 54.2 Å². The molecule has 2 aromatic heterocycles. The van der Waals surface area contributed by atoms with E-state index >= 15 is 0 Å². The standard InChI is InChI=1S/C25H33N7O6/c1-13(2)21(25(37)38)32-24(36)20(11-33)31-23(35)19(7-14-9-28-18-6-4-3-5-16(14)18)30-22(34)17(26)8-15-10-27-12-29-15/h3-6,9-10,12-13,17,19-21,28,33H,7-8,11,26H2,1-2H3,(H,27,29)(H,30,34)(H,31,35)(H,32,36)(H,37,38). The van der Waals surface area contributed by atoms with Crippen molar-refractivity contribution < 1.29 is 29.4 Å². The fourth-order valence-electron chi connectivity index (χ4n) is 3.97. The Bertz CT molecular complexity index is 1260. The number of carbonyl (C=O) groups excluding carboxylic acids is 3. The van der Waals surface area contributed by atoms with Gasteiger partial charge in [-0.1, -0.05) is 32.0 Å². The summed E-state index contributed by atoms with van der Waals surface area (Å²) in [5.74, 6) is -3.89. The number of carboxylic acid groups (broad SMARTS) is 1. The first-order valence-corrected chi connectivity index (χ1v) is 12.1. The van der Waals surface area contributed by atoms with Crippen molar-refractivity contribution in [2.45, 2.75) is 50.9 Å². The van der Waals surface area contributed by atoms with E-state index in [-0.39, 0.29) is 12.8 Å². The number of carbonyl (C=O) groups is 4. The molecule has 1 aromatic carbocycles. The molecule has 13 heteroatoms. The topological polar surface area (TPSA) is 215 Å². The van der Waals surface area contributed by atoms with Crippen LogP contribution in [0.4, 0.5) is 0 Å². The van der Waals surface area contributed by atoms with Crippen LogP contribution in [0, 0.1) is 5.92 Å². The number of H-pyrrole nitrogens is 2. The molecule has 0 spiro atoms. The number of rotatable bonds is 13. The Morgan fingerprint density at radius 2 is 1.66 bits per heavy atom. The molecule has 4 atom stereocenters. The largest absolute Gasteiger partial charge is 0.480 e. The third kappa shape index (κ3) is 7.17. The second kappa shape index (κ2) is 12.8. The van der Waals surface area contributed by atoms with Crippen LogP contribution in [0.5, 0.6) is 0 Å². The van der Waals surface area contributed by atoms with Crippen LogP contribution in [0.25, 0.3) is 10.9 Å². The number of para-hydroxylation sites is 1. The van der Waals surface area contributed by atoms with E-state index in [1.165, 1.54) is 12.5 Å². The van der Waals surface area contributed by atoms with Gasteiger partial charge in [0.15, 0.2) is 0 Å². The second-order valence-electron chi connectivity index (χ2n) is 9.32. The van der Waals surface area contributed by atoms with Crippen molar-refractivity contribution in [2.24, 2.45) is 11.7 Å². The number of aliphatic hydroxyl groups excluding tert-OH is 1. The molecule has 0 bridgehead atoms. The van der Waals surface area contributed by atoms with E-state index in [0.29, 0.717) is 5.69 Å². The zero-order valence-corrected chi connectivity index (χ0v) is 21.1. The van der Waals surface area contributed by atoms with Gasteiger partial charge in [-0.25, -0.2) is 9.78 Å². The van der Waals surface area contributed by atoms with E-state index in [4.69, 9.17) is 5.73 Å². The Hall–Kier alpha value is -4.23. The molecule has 0 aliphatic carbocycles. The maximum Gasteiger partial charge on any atom is 0.326 e. The number of hydrogen-bond donors (Lipinski definition) is 8. The van der Waals surface area contributed by atoms with E-state index in [9.17, 15) is 29.4 Å². The van der Waals surface area contributed by atoms with Gasteiger partial charge in [-0.2, -0.15) is 0 Å². The minimum absolute atomic E-state index is 0.0574. The monoisotopic (exact) mass is 527 g/mol. The van der Waals surface area contributed by atoms with Crippen LogP contribution in [0.1, 0.15) is 25.1 Å². The van der Waals surface area contributed by atoms with E-state index in [1.54, 1.807) is 20.0 Å². The van der Waals surface area contributed by atoms with Crippen molar-refractivity contribution in [1.82, 2.24) is 30.9 Å². The number of nitrogens with two attached hydrogens (primary N) is 1.